The minimum atomic E-state index is 0.561. The Labute approximate surface area is 105 Å². The van der Waals surface area contributed by atoms with Crippen LogP contribution in [0.1, 0.15) is 11.3 Å². The molecule has 0 radical (unpaired) electrons. The van der Waals surface area contributed by atoms with Gasteiger partial charge in [-0.1, -0.05) is 12.1 Å². The molecule has 0 spiro atoms. The fourth-order valence-electron chi connectivity index (χ4n) is 2.29. The molecule has 0 unspecified atom stereocenters. The first kappa shape index (κ1) is 10.9. The molecule has 0 atom stereocenters. The Hall–Kier alpha value is -2.23. The van der Waals surface area contributed by atoms with Crippen LogP contribution in [0.2, 0.25) is 0 Å². The van der Waals surface area contributed by atoms with Crippen molar-refractivity contribution < 1.29 is 4.42 Å². The van der Waals surface area contributed by atoms with Crippen molar-refractivity contribution in [2.75, 3.05) is 5.73 Å². The molecule has 18 heavy (non-hydrogen) atoms. The zero-order valence-corrected chi connectivity index (χ0v) is 10.3. The van der Waals surface area contributed by atoms with Crippen LogP contribution in [-0.4, -0.2) is 9.55 Å². The smallest absolute Gasteiger partial charge is 0.201 e. The summed E-state index contributed by atoms with van der Waals surface area (Å²) in [5.41, 5.74) is 9.24. The number of anilines is 1. The second-order valence-corrected chi connectivity index (χ2v) is 4.39. The SMILES string of the molecule is Cc1cccc2nc(N)n(CCc3ccco3)c12. The molecular formula is C14H15N3O. The number of furan rings is 1. The van der Waals surface area contributed by atoms with Crippen LogP contribution in [0.3, 0.4) is 0 Å². The Morgan fingerprint density at radius 3 is 2.94 bits per heavy atom. The number of aryl methyl sites for hydroxylation is 3. The fourth-order valence-corrected chi connectivity index (χ4v) is 2.29. The highest BCUT2D eigenvalue weighted by molar-refractivity contribution is 5.81. The molecule has 0 saturated carbocycles. The van der Waals surface area contributed by atoms with Crippen molar-refractivity contribution in [2.24, 2.45) is 0 Å². The van der Waals surface area contributed by atoms with Crippen molar-refractivity contribution >= 4 is 17.0 Å². The summed E-state index contributed by atoms with van der Waals surface area (Å²) in [6.07, 6.45) is 2.51. The van der Waals surface area contributed by atoms with Crippen LogP contribution in [-0.2, 0) is 13.0 Å². The molecule has 0 aliphatic heterocycles. The van der Waals surface area contributed by atoms with Gasteiger partial charge in [-0.05, 0) is 30.7 Å². The summed E-state index contributed by atoms with van der Waals surface area (Å²) < 4.78 is 7.39. The zero-order valence-electron chi connectivity index (χ0n) is 10.3. The normalized spacial score (nSPS) is 11.2. The largest absolute Gasteiger partial charge is 0.469 e. The Balaban J connectivity index is 1.98. The molecule has 4 nitrogen and oxygen atoms in total. The maximum Gasteiger partial charge on any atom is 0.201 e. The van der Waals surface area contributed by atoms with Crippen molar-refractivity contribution in [3.8, 4) is 0 Å². The van der Waals surface area contributed by atoms with Crippen LogP contribution < -0.4 is 5.73 Å². The topological polar surface area (TPSA) is 57.0 Å². The summed E-state index contributed by atoms with van der Waals surface area (Å²) in [5.74, 6) is 1.52. The quantitative estimate of drug-likeness (QED) is 0.767. The van der Waals surface area contributed by atoms with E-state index in [9.17, 15) is 0 Å². The maximum atomic E-state index is 5.98. The van der Waals surface area contributed by atoms with E-state index in [-0.39, 0.29) is 0 Å². The van der Waals surface area contributed by atoms with Crippen molar-refractivity contribution in [1.29, 1.82) is 0 Å². The summed E-state index contributed by atoms with van der Waals surface area (Å²) in [6.45, 7) is 2.85. The molecule has 92 valence electrons. The molecule has 0 amide bonds. The lowest BCUT2D eigenvalue weighted by Gasteiger charge is -2.06. The van der Waals surface area contributed by atoms with Crippen molar-refractivity contribution in [3.05, 3.63) is 47.9 Å². The number of fused-ring (bicyclic) bond motifs is 1. The first-order valence-corrected chi connectivity index (χ1v) is 5.99. The van der Waals surface area contributed by atoms with Gasteiger partial charge in [-0.3, -0.25) is 0 Å². The predicted octanol–water partition coefficient (Wildman–Crippen LogP) is 2.76. The highest BCUT2D eigenvalue weighted by Crippen LogP contribution is 2.21. The van der Waals surface area contributed by atoms with E-state index in [1.165, 1.54) is 5.56 Å². The molecular weight excluding hydrogens is 226 g/mol. The average Bonchev–Trinajstić information content (AvgIpc) is 2.94. The number of nitrogens with two attached hydrogens (primary N) is 1. The molecule has 4 heteroatoms. The third-order valence-corrected chi connectivity index (χ3v) is 3.16. The van der Waals surface area contributed by atoms with Gasteiger partial charge in [0.05, 0.1) is 17.3 Å². The van der Waals surface area contributed by atoms with Gasteiger partial charge in [-0.25, -0.2) is 4.98 Å². The van der Waals surface area contributed by atoms with E-state index in [1.807, 2.05) is 28.8 Å². The number of nitrogen functional groups attached to an aromatic ring is 1. The molecule has 2 N–H and O–H groups in total. The van der Waals surface area contributed by atoms with E-state index in [1.54, 1.807) is 6.26 Å². The number of benzene rings is 1. The molecule has 0 bridgehead atoms. The standard InChI is InChI=1S/C14H15N3O/c1-10-4-2-6-12-13(10)17(14(15)16-12)8-7-11-5-3-9-18-11/h2-6,9H,7-8H2,1H3,(H2,15,16). The van der Waals surface area contributed by atoms with Gasteiger partial charge in [-0.15, -0.1) is 0 Å². The Bertz CT molecular complexity index is 668. The molecule has 3 rings (SSSR count). The van der Waals surface area contributed by atoms with Crippen LogP contribution in [0, 0.1) is 6.92 Å². The monoisotopic (exact) mass is 241 g/mol. The lowest BCUT2D eigenvalue weighted by molar-refractivity contribution is 0.494. The van der Waals surface area contributed by atoms with Crippen LogP contribution in [0.4, 0.5) is 5.95 Å². The highest BCUT2D eigenvalue weighted by atomic mass is 16.3. The molecule has 2 aromatic heterocycles. The maximum absolute atomic E-state index is 5.98. The van der Waals surface area contributed by atoms with E-state index in [2.05, 4.69) is 18.0 Å². The number of hydrogen-bond acceptors (Lipinski definition) is 3. The van der Waals surface area contributed by atoms with Crippen molar-refractivity contribution in [1.82, 2.24) is 9.55 Å². The van der Waals surface area contributed by atoms with Crippen LogP contribution in [0.15, 0.2) is 41.0 Å². The predicted molar refractivity (Wildman–Crippen MR) is 71.3 cm³/mol. The lowest BCUT2D eigenvalue weighted by atomic mass is 10.2. The number of aromatic nitrogens is 2. The van der Waals surface area contributed by atoms with Gasteiger partial charge >= 0.3 is 0 Å². The molecule has 0 fully saturated rings. The molecule has 0 aliphatic rings. The number of imidazole rings is 1. The summed E-state index contributed by atoms with van der Waals surface area (Å²) in [5, 5.41) is 0. The van der Waals surface area contributed by atoms with Gasteiger partial charge in [-0.2, -0.15) is 0 Å². The number of hydrogen-bond donors (Lipinski definition) is 1. The highest BCUT2D eigenvalue weighted by Gasteiger charge is 2.10. The molecule has 3 aromatic rings. The van der Waals surface area contributed by atoms with E-state index in [0.29, 0.717) is 5.95 Å². The van der Waals surface area contributed by atoms with Gasteiger partial charge in [0.25, 0.3) is 0 Å². The minimum Gasteiger partial charge on any atom is -0.469 e. The number of para-hydroxylation sites is 1. The molecule has 2 heterocycles. The van der Waals surface area contributed by atoms with Crippen LogP contribution in [0.5, 0.6) is 0 Å². The second kappa shape index (κ2) is 4.22. The van der Waals surface area contributed by atoms with Crippen LogP contribution >= 0.6 is 0 Å². The summed E-state index contributed by atoms with van der Waals surface area (Å²) in [7, 11) is 0. The summed E-state index contributed by atoms with van der Waals surface area (Å²) >= 11 is 0. The Kier molecular flexibility index (Phi) is 2.55. The van der Waals surface area contributed by atoms with Crippen molar-refractivity contribution in [3.63, 3.8) is 0 Å². The first-order valence-electron chi connectivity index (χ1n) is 5.99. The van der Waals surface area contributed by atoms with Gasteiger partial charge in [0.2, 0.25) is 5.95 Å². The van der Waals surface area contributed by atoms with E-state index in [0.717, 1.165) is 29.8 Å². The van der Waals surface area contributed by atoms with Gasteiger partial charge in [0.1, 0.15) is 5.76 Å². The molecule has 0 saturated heterocycles. The first-order chi connectivity index (χ1) is 8.75. The van der Waals surface area contributed by atoms with Crippen molar-refractivity contribution in [2.45, 2.75) is 19.9 Å². The molecule has 0 aliphatic carbocycles. The Morgan fingerprint density at radius 1 is 1.28 bits per heavy atom. The zero-order chi connectivity index (χ0) is 12.5. The second-order valence-electron chi connectivity index (χ2n) is 4.39. The van der Waals surface area contributed by atoms with E-state index in [4.69, 9.17) is 10.2 Å². The van der Waals surface area contributed by atoms with Crippen LogP contribution in [0.25, 0.3) is 11.0 Å². The number of nitrogens with zero attached hydrogens (tertiary/aromatic N) is 2. The Morgan fingerprint density at radius 2 is 2.17 bits per heavy atom. The average molecular weight is 241 g/mol. The van der Waals surface area contributed by atoms with E-state index < -0.39 is 0 Å². The summed E-state index contributed by atoms with van der Waals surface area (Å²) in [6, 6.07) is 9.94. The van der Waals surface area contributed by atoms with Gasteiger partial charge in [0, 0.05) is 13.0 Å². The third kappa shape index (κ3) is 1.76. The van der Waals surface area contributed by atoms with Gasteiger partial charge < -0.3 is 14.7 Å². The summed E-state index contributed by atoms with van der Waals surface area (Å²) in [4.78, 5) is 4.38. The molecule has 1 aromatic carbocycles. The number of rotatable bonds is 3. The van der Waals surface area contributed by atoms with Gasteiger partial charge in [0.15, 0.2) is 0 Å². The fraction of sp³-hybridized carbons (Fsp3) is 0.214. The van der Waals surface area contributed by atoms with E-state index >= 15 is 0 Å². The minimum absolute atomic E-state index is 0.561. The lowest BCUT2D eigenvalue weighted by Crippen LogP contribution is -2.06. The third-order valence-electron chi connectivity index (χ3n) is 3.16.